The molecule has 0 spiro atoms. The molecule has 14 heteroatoms. The fourth-order valence-corrected chi connectivity index (χ4v) is 4.32. The molecular weight excluding hydrogens is 530 g/mol. The van der Waals surface area contributed by atoms with Gasteiger partial charge in [0.05, 0.1) is 35.1 Å². The monoisotopic (exact) mass is 548 g/mol. The Morgan fingerprint density at radius 1 is 1.11 bits per heavy atom. The fourth-order valence-electron chi connectivity index (χ4n) is 3.74. The average molecular weight is 549 g/mol. The smallest absolute Gasteiger partial charge is 0.285 e. The topological polar surface area (TPSA) is 136 Å². The summed E-state index contributed by atoms with van der Waals surface area (Å²) in [6, 6.07) is 5.38. The Balaban J connectivity index is 1.84. The van der Waals surface area contributed by atoms with E-state index in [2.05, 4.69) is 20.3 Å². The van der Waals surface area contributed by atoms with E-state index in [9.17, 15) is 26.8 Å². The normalized spacial score (nSPS) is 12.4. The van der Waals surface area contributed by atoms with Gasteiger partial charge in [0.1, 0.15) is 22.6 Å². The van der Waals surface area contributed by atoms with E-state index >= 15 is 0 Å². The number of fused-ring (bicyclic) bond motifs is 1. The van der Waals surface area contributed by atoms with Crippen LogP contribution in [0.2, 0.25) is 5.15 Å². The van der Waals surface area contributed by atoms with Gasteiger partial charge in [0.2, 0.25) is 10.0 Å². The van der Waals surface area contributed by atoms with Gasteiger partial charge in [0.15, 0.2) is 5.69 Å². The Labute approximate surface area is 214 Å². The number of benzene rings is 1. The minimum Gasteiger partial charge on any atom is -0.377 e. The highest BCUT2D eigenvalue weighted by Gasteiger charge is 2.22. The number of pyridine rings is 2. The van der Waals surface area contributed by atoms with Gasteiger partial charge in [0, 0.05) is 24.4 Å². The summed E-state index contributed by atoms with van der Waals surface area (Å²) in [7, 11) is -2.47. The highest BCUT2D eigenvalue weighted by atomic mass is 35.5. The maximum Gasteiger partial charge on any atom is 0.285 e. The van der Waals surface area contributed by atoms with Gasteiger partial charge in [-0.1, -0.05) is 11.6 Å². The van der Waals surface area contributed by atoms with Crippen molar-refractivity contribution in [3.05, 3.63) is 81.1 Å². The van der Waals surface area contributed by atoms with Gasteiger partial charge in [-0.3, -0.25) is 19.1 Å². The first-order chi connectivity index (χ1) is 17.3. The van der Waals surface area contributed by atoms with Crippen LogP contribution >= 0.6 is 11.6 Å². The number of nitrogens with zero attached hydrogens (tertiary/aromatic N) is 4. The van der Waals surface area contributed by atoms with Gasteiger partial charge in [-0.05, 0) is 37.3 Å². The van der Waals surface area contributed by atoms with Crippen molar-refractivity contribution in [1.82, 2.24) is 24.2 Å². The summed E-state index contributed by atoms with van der Waals surface area (Å²) in [4.78, 5) is 37.9. The Hall–Kier alpha value is -3.97. The van der Waals surface area contributed by atoms with Crippen LogP contribution in [0.4, 0.5) is 14.5 Å². The van der Waals surface area contributed by atoms with Gasteiger partial charge in [-0.15, -0.1) is 0 Å². The predicted octanol–water partition coefficient (Wildman–Crippen LogP) is 3.18. The van der Waals surface area contributed by atoms with Gasteiger partial charge in [-0.25, -0.2) is 31.9 Å². The van der Waals surface area contributed by atoms with Crippen LogP contribution in [-0.4, -0.2) is 40.1 Å². The van der Waals surface area contributed by atoms with Crippen LogP contribution in [-0.2, 0) is 17.1 Å². The fraction of sp³-hybridized carbons (Fsp3) is 0.174. The number of nitrogens with one attached hydrogen (secondary N) is 2. The zero-order chi connectivity index (χ0) is 27.1. The van der Waals surface area contributed by atoms with Crippen molar-refractivity contribution >= 4 is 44.1 Å². The van der Waals surface area contributed by atoms with Crippen molar-refractivity contribution in [3.8, 4) is 11.4 Å². The third-order valence-electron chi connectivity index (χ3n) is 5.33. The molecule has 2 N–H and O–H groups in total. The van der Waals surface area contributed by atoms with Gasteiger partial charge in [0.25, 0.3) is 11.5 Å². The number of hydrogen-bond donors (Lipinski definition) is 2. The molecule has 3 aromatic heterocycles. The second-order valence-corrected chi connectivity index (χ2v) is 10.3. The Bertz CT molecular complexity index is 1730. The predicted molar refractivity (Wildman–Crippen MR) is 134 cm³/mol. The van der Waals surface area contributed by atoms with Crippen LogP contribution in [0.15, 0.2) is 47.5 Å². The number of carbonyl (C=O) groups is 1. The first-order valence-corrected chi connectivity index (χ1v) is 12.9. The van der Waals surface area contributed by atoms with Crippen molar-refractivity contribution < 1.29 is 22.0 Å². The molecule has 1 aromatic carbocycles. The van der Waals surface area contributed by atoms with Crippen LogP contribution in [0.1, 0.15) is 29.0 Å². The standard InChI is InChI=1S/C23H19ClF2N6O4S/c1-11(28-17-4-5-18(24)29-20(17)22(33)31-37(3,35)36)15-7-13(25)8-16-19(15)30-21(32(2)23(16)34)12-6-14(26)10-27-9-12/h4-11,28H,1-3H3,(H,31,33)/t11-/m1/s1. The summed E-state index contributed by atoms with van der Waals surface area (Å²) in [5.74, 6) is -2.27. The molecule has 0 unspecified atom stereocenters. The summed E-state index contributed by atoms with van der Waals surface area (Å²) in [6.07, 6.45) is 3.16. The van der Waals surface area contributed by atoms with Crippen molar-refractivity contribution in [2.45, 2.75) is 13.0 Å². The van der Waals surface area contributed by atoms with Crippen LogP contribution < -0.4 is 15.6 Å². The van der Waals surface area contributed by atoms with E-state index in [0.29, 0.717) is 0 Å². The van der Waals surface area contributed by atoms with Crippen molar-refractivity contribution in [2.24, 2.45) is 7.05 Å². The number of sulfonamides is 1. The van der Waals surface area contributed by atoms with Crippen molar-refractivity contribution in [2.75, 3.05) is 11.6 Å². The molecule has 0 fully saturated rings. The third-order valence-corrected chi connectivity index (χ3v) is 6.10. The lowest BCUT2D eigenvalue weighted by Crippen LogP contribution is -2.31. The summed E-state index contributed by atoms with van der Waals surface area (Å²) in [5, 5.41) is 2.89. The lowest BCUT2D eigenvalue weighted by molar-refractivity contribution is 0.0977. The quantitative estimate of drug-likeness (QED) is 0.351. The van der Waals surface area contributed by atoms with E-state index in [4.69, 9.17) is 11.6 Å². The number of aromatic nitrogens is 4. The number of hydrogen-bond acceptors (Lipinski definition) is 8. The van der Waals surface area contributed by atoms with Crippen LogP contribution in [0.25, 0.3) is 22.3 Å². The largest absolute Gasteiger partial charge is 0.377 e. The summed E-state index contributed by atoms with van der Waals surface area (Å²) in [6.45, 7) is 1.61. The Kier molecular flexibility index (Phi) is 6.93. The van der Waals surface area contributed by atoms with Crippen LogP contribution in [0.5, 0.6) is 0 Å². The molecule has 0 aliphatic heterocycles. The molecule has 192 valence electrons. The van der Waals surface area contributed by atoms with Crippen molar-refractivity contribution in [1.29, 1.82) is 0 Å². The molecule has 4 rings (SSSR count). The van der Waals surface area contributed by atoms with Crippen LogP contribution in [0, 0.1) is 11.6 Å². The molecule has 0 aliphatic rings. The maximum absolute atomic E-state index is 14.6. The maximum atomic E-state index is 14.6. The van der Waals surface area contributed by atoms with Crippen LogP contribution in [0.3, 0.4) is 0 Å². The summed E-state index contributed by atoms with van der Waals surface area (Å²) >= 11 is 5.91. The lowest BCUT2D eigenvalue weighted by Gasteiger charge is -2.20. The molecular formula is C23H19ClF2N6O4S. The number of carbonyl (C=O) groups excluding carboxylic acids is 1. The lowest BCUT2D eigenvalue weighted by atomic mass is 10.0. The van der Waals surface area contributed by atoms with E-state index in [-0.39, 0.29) is 44.4 Å². The molecule has 0 saturated heterocycles. The zero-order valence-electron chi connectivity index (χ0n) is 19.6. The minimum absolute atomic E-state index is 0.0245. The number of halogens is 3. The number of anilines is 1. The Morgan fingerprint density at radius 2 is 1.84 bits per heavy atom. The summed E-state index contributed by atoms with van der Waals surface area (Å²) < 4.78 is 54.5. The van der Waals surface area contributed by atoms with Crippen molar-refractivity contribution in [3.63, 3.8) is 0 Å². The molecule has 4 aromatic rings. The first-order valence-electron chi connectivity index (χ1n) is 10.6. The second-order valence-electron chi connectivity index (χ2n) is 8.18. The molecule has 10 nitrogen and oxygen atoms in total. The molecule has 0 saturated carbocycles. The molecule has 1 amide bonds. The highest BCUT2D eigenvalue weighted by Crippen LogP contribution is 2.29. The van der Waals surface area contributed by atoms with Gasteiger partial charge < -0.3 is 5.32 Å². The Morgan fingerprint density at radius 3 is 2.51 bits per heavy atom. The van der Waals surface area contributed by atoms with Gasteiger partial charge >= 0.3 is 0 Å². The van der Waals surface area contributed by atoms with E-state index in [1.54, 1.807) is 6.92 Å². The molecule has 1 atom stereocenters. The molecule has 3 heterocycles. The molecule has 0 radical (unpaired) electrons. The third kappa shape index (κ3) is 5.57. The molecule has 37 heavy (non-hydrogen) atoms. The average Bonchev–Trinajstić information content (AvgIpc) is 2.81. The van der Waals surface area contributed by atoms with E-state index in [1.165, 1.54) is 31.4 Å². The number of rotatable bonds is 6. The second kappa shape index (κ2) is 9.82. The molecule has 0 aliphatic carbocycles. The number of amides is 1. The highest BCUT2D eigenvalue weighted by molar-refractivity contribution is 7.89. The summed E-state index contributed by atoms with van der Waals surface area (Å²) in [5.41, 5.74) is -0.192. The van der Waals surface area contributed by atoms with Gasteiger partial charge in [-0.2, -0.15) is 0 Å². The first kappa shape index (κ1) is 26.1. The zero-order valence-corrected chi connectivity index (χ0v) is 21.2. The van der Waals surface area contributed by atoms with E-state index < -0.39 is 39.2 Å². The molecule has 0 bridgehead atoms. The SMILES string of the molecule is C[C@@H](Nc1ccc(Cl)nc1C(=O)NS(C)(=O)=O)c1cc(F)cc2c(=O)n(C)c(-c3cncc(F)c3)nc12. The van der Waals surface area contributed by atoms with E-state index in [1.807, 2.05) is 4.72 Å². The minimum atomic E-state index is -3.90. The van der Waals surface area contributed by atoms with E-state index in [0.717, 1.165) is 29.2 Å².